The number of hydrogen-bond acceptors (Lipinski definition) is 4. The summed E-state index contributed by atoms with van der Waals surface area (Å²) in [7, 11) is 0. The molecule has 0 atom stereocenters. The monoisotopic (exact) mass is 274 g/mol. The Morgan fingerprint density at radius 2 is 1.16 bits per heavy atom. The van der Waals surface area contributed by atoms with Crippen LogP contribution in [0.5, 0.6) is 0 Å². The van der Waals surface area contributed by atoms with Gasteiger partial charge in [0.05, 0.1) is 11.9 Å². The minimum atomic E-state index is -0.991. The van der Waals surface area contributed by atoms with Crippen molar-refractivity contribution < 1.29 is 19.8 Å². The fraction of sp³-hybridized carbons (Fsp3) is 0.571. The van der Waals surface area contributed by atoms with Gasteiger partial charge in [-0.3, -0.25) is 0 Å². The molecule has 0 heterocycles. The Kier molecular flexibility index (Phi) is 9.60. The molecule has 0 aromatic heterocycles. The molecule has 0 aromatic rings. The van der Waals surface area contributed by atoms with Crippen LogP contribution in [0, 0.1) is 0 Å². The molecule has 0 saturated carbocycles. The van der Waals surface area contributed by atoms with Gasteiger partial charge in [-0.2, -0.15) is 0 Å². The first-order chi connectivity index (χ1) is 8.61. The van der Waals surface area contributed by atoms with Gasteiger partial charge in [0.25, 0.3) is 0 Å². The van der Waals surface area contributed by atoms with Crippen molar-refractivity contribution in [3.05, 3.63) is 23.3 Å². The Morgan fingerprint density at radius 3 is 1.32 bits per heavy atom. The van der Waals surface area contributed by atoms with Crippen LogP contribution >= 0.6 is 0 Å². The molecule has 2 aliphatic carbocycles. The third kappa shape index (κ3) is 7.37. The maximum absolute atomic E-state index is 10.2. The number of carboxylic acid groups (broad SMARTS) is 2. The molecule has 0 radical (unpaired) electrons. The summed E-state index contributed by atoms with van der Waals surface area (Å²) in [6, 6.07) is 0. The van der Waals surface area contributed by atoms with E-state index in [1.165, 1.54) is 0 Å². The van der Waals surface area contributed by atoms with E-state index in [-0.39, 0.29) is 23.1 Å². The molecule has 0 spiro atoms. The third-order valence-electron chi connectivity index (χ3n) is 3.11. The van der Waals surface area contributed by atoms with E-state index in [0.717, 1.165) is 38.5 Å². The van der Waals surface area contributed by atoms with Crippen LogP contribution in [-0.4, -0.2) is 35.0 Å². The maximum atomic E-state index is 10.2. The van der Waals surface area contributed by atoms with Crippen LogP contribution in [-0.2, 0) is 9.59 Å². The average Bonchev–Trinajstić information content (AvgIpc) is 2.41. The van der Waals surface area contributed by atoms with Crippen molar-refractivity contribution in [3.63, 3.8) is 0 Å². The Bertz CT molecular complexity index is 336. The number of carboxylic acids is 2. The zero-order valence-corrected chi connectivity index (χ0v) is 12.6. The van der Waals surface area contributed by atoms with Crippen molar-refractivity contribution in [2.75, 3.05) is 0 Å². The van der Waals surface area contributed by atoms with Crippen molar-refractivity contribution in [2.24, 2.45) is 0 Å². The molecule has 0 unspecified atom stereocenters. The van der Waals surface area contributed by atoms with Crippen LogP contribution < -0.4 is 10.2 Å². The number of carbonyl (C=O) groups is 2. The fourth-order valence-electron chi connectivity index (χ4n) is 2.05. The first-order valence-corrected chi connectivity index (χ1v) is 6.42. The van der Waals surface area contributed by atoms with E-state index in [9.17, 15) is 19.8 Å². The summed E-state index contributed by atoms with van der Waals surface area (Å²) < 4.78 is 0. The molecule has 2 aliphatic rings. The standard InChI is InChI=1S/2C7H10O2.Mg/c2*8-7(9)6-4-2-1-3-5-6;/h2*4H,1-3,5H2,(H,8,9);/q;;+2/p-2. The molecule has 0 bridgehead atoms. The quantitative estimate of drug-likeness (QED) is 0.669. The topological polar surface area (TPSA) is 80.3 Å². The molecular formula is C14H18MgO4. The predicted octanol–water partition coefficient (Wildman–Crippen LogP) is 0.0926. The largest absolute Gasteiger partial charge is 2.00 e. The molecule has 4 nitrogen and oxygen atoms in total. The normalized spacial score (nSPS) is 17.9. The van der Waals surface area contributed by atoms with E-state index in [1.54, 1.807) is 12.2 Å². The Balaban J connectivity index is 0.000000324. The minimum Gasteiger partial charge on any atom is -0.545 e. The van der Waals surface area contributed by atoms with Crippen LogP contribution in [0.2, 0.25) is 0 Å². The van der Waals surface area contributed by atoms with Crippen molar-refractivity contribution in [1.82, 2.24) is 0 Å². The first kappa shape index (κ1) is 18.2. The van der Waals surface area contributed by atoms with Gasteiger partial charge in [-0.25, -0.2) is 0 Å². The van der Waals surface area contributed by atoms with Crippen LogP contribution in [0.15, 0.2) is 23.3 Å². The molecule has 5 heteroatoms. The summed E-state index contributed by atoms with van der Waals surface area (Å²) in [5.41, 5.74) is 0.975. The molecule has 0 saturated heterocycles. The Hall–Kier alpha value is -0.814. The van der Waals surface area contributed by atoms with Crippen LogP contribution in [0.4, 0.5) is 0 Å². The smallest absolute Gasteiger partial charge is 0.545 e. The predicted molar refractivity (Wildman–Crippen MR) is 68.9 cm³/mol. The average molecular weight is 275 g/mol. The van der Waals surface area contributed by atoms with Crippen molar-refractivity contribution >= 4 is 35.0 Å². The Morgan fingerprint density at radius 1 is 0.789 bits per heavy atom. The van der Waals surface area contributed by atoms with Gasteiger partial charge < -0.3 is 19.8 Å². The van der Waals surface area contributed by atoms with E-state index >= 15 is 0 Å². The van der Waals surface area contributed by atoms with Crippen LogP contribution in [0.3, 0.4) is 0 Å². The van der Waals surface area contributed by atoms with Gasteiger partial charge in [-0.05, 0) is 62.5 Å². The molecule has 0 aliphatic heterocycles. The molecule has 2 rings (SSSR count). The number of rotatable bonds is 2. The summed E-state index contributed by atoms with van der Waals surface area (Å²) in [5.74, 6) is -1.98. The summed E-state index contributed by atoms with van der Waals surface area (Å²) in [6.45, 7) is 0. The third-order valence-corrected chi connectivity index (χ3v) is 3.11. The van der Waals surface area contributed by atoms with E-state index < -0.39 is 11.9 Å². The fourth-order valence-corrected chi connectivity index (χ4v) is 2.05. The summed E-state index contributed by atoms with van der Waals surface area (Å²) in [5, 5.41) is 20.3. The van der Waals surface area contributed by atoms with Gasteiger partial charge in [0, 0.05) is 0 Å². The van der Waals surface area contributed by atoms with Crippen LogP contribution in [0.25, 0.3) is 0 Å². The number of carbonyl (C=O) groups excluding carboxylic acids is 2. The van der Waals surface area contributed by atoms with Crippen molar-refractivity contribution in [2.45, 2.75) is 51.4 Å². The maximum Gasteiger partial charge on any atom is 2.00 e. The van der Waals surface area contributed by atoms with Gasteiger partial charge in [0.1, 0.15) is 0 Å². The second-order valence-corrected chi connectivity index (χ2v) is 4.53. The SMILES string of the molecule is O=C([O-])C1=CCCCC1.O=C([O-])C1=CCCCC1.[Mg+2]. The second kappa shape index (κ2) is 10.0. The molecular weight excluding hydrogens is 256 g/mol. The molecule has 0 fully saturated rings. The van der Waals surface area contributed by atoms with E-state index in [2.05, 4.69) is 0 Å². The summed E-state index contributed by atoms with van der Waals surface area (Å²) in [6.07, 6.45) is 11.0. The van der Waals surface area contributed by atoms with Gasteiger partial charge in [-0.15, -0.1) is 0 Å². The molecule has 19 heavy (non-hydrogen) atoms. The minimum absolute atomic E-state index is 0. The van der Waals surface area contributed by atoms with Crippen molar-refractivity contribution in [1.29, 1.82) is 0 Å². The molecule has 0 aromatic carbocycles. The Labute approximate surface area is 129 Å². The molecule has 100 valence electrons. The van der Waals surface area contributed by atoms with Gasteiger partial charge in [-0.1, -0.05) is 12.2 Å². The van der Waals surface area contributed by atoms with E-state index in [0.29, 0.717) is 24.0 Å². The number of hydrogen-bond donors (Lipinski definition) is 0. The number of aliphatic carboxylic acids is 2. The van der Waals surface area contributed by atoms with Gasteiger partial charge >= 0.3 is 23.1 Å². The van der Waals surface area contributed by atoms with E-state index in [1.807, 2.05) is 0 Å². The number of allylic oxidation sites excluding steroid dienone is 2. The first-order valence-electron chi connectivity index (χ1n) is 6.42. The van der Waals surface area contributed by atoms with E-state index in [4.69, 9.17) is 0 Å². The summed E-state index contributed by atoms with van der Waals surface area (Å²) in [4.78, 5) is 20.3. The zero-order valence-electron chi connectivity index (χ0n) is 11.2. The molecule has 0 N–H and O–H groups in total. The summed E-state index contributed by atoms with van der Waals surface area (Å²) >= 11 is 0. The second-order valence-electron chi connectivity index (χ2n) is 4.53. The van der Waals surface area contributed by atoms with Crippen LogP contribution in [0.1, 0.15) is 51.4 Å². The van der Waals surface area contributed by atoms with Crippen molar-refractivity contribution in [3.8, 4) is 0 Å². The van der Waals surface area contributed by atoms with Gasteiger partial charge in [0.2, 0.25) is 0 Å². The molecule has 0 amide bonds. The van der Waals surface area contributed by atoms with Gasteiger partial charge in [0.15, 0.2) is 0 Å². The zero-order chi connectivity index (χ0) is 13.4.